The second kappa shape index (κ2) is 8.56. The zero-order valence-corrected chi connectivity index (χ0v) is 17.8. The third-order valence-electron chi connectivity index (χ3n) is 4.12. The summed E-state index contributed by atoms with van der Waals surface area (Å²) in [6.45, 7) is 3.12. The molecular formula is C20H17N5O3S2. The van der Waals surface area contributed by atoms with Crippen LogP contribution in [0.1, 0.15) is 11.9 Å². The number of ether oxygens (including phenoxy) is 1. The SMILES string of the molecule is CC(=O)Nc1cc(-c2csc(C)n2)ccc1OCC(=O)Nc1cccc2nsnc12. The van der Waals surface area contributed by atoms with E-state index in [2.05, 4.69) is 24.4 Å². The summed E-state index contributed by atoms with van der Waals surface area (Å²) in [4.78, 5) is 28.5. The number of thiazole rings is 1. The molecular weight excluding hydrogens is 422 g/mol. The van der Waals surface area contributed by atoms with Gasteiger partial charge in [-0.3, -0.25) is 9.59 Å². The molecule has 0 spiro atoms. The average Bonchev–Trinajstić information content (AvgIpc) is 3.36. The molecule has 0 bridgehead atoms. The third kappa shape index (κ3) is 4.44. The van der Waals surface area contributed by atoms with Crippen LogP contribution in [0.25, 0.3) is 22.3 Å². The Kier molecular flexibility index (Phi) is 5.68. The van der Waals surface area contributed by atoms with Gasteiger partial charge in [-0.15, -0.1) is 11.3 Å². The largest absolute Gasteiger partial charge is 0.482 e. The molecule has 0 atom stereocenters. The number of hydrogen-bond donors (Lipinski definition) is 2. The van der Waals surface area contributed by atoms with Crippen molar-refractivity contribution in [1.29, 1.82) is 0 Å². The Bertz CT molecular complexity index is 1230. The fraction of sp³-hybridized carbons (Fsp3) is 0.150. The van der Waals surface area contributed by atoms with Gasteiger partial charge in [0.1, 0.15) is 16.8 Å². The van der Waals surface area contributed by atoms with E-state index in [0.717, 1.165) is 33.5 Å². The lowest BCUT2D eigenvalue weighted by molar-refractivity contribution is -0.118. The van der Waals surface area contributed by atoms with E-state index in [9.17, 15) is 9.59 Å². The standard InChI is InChI=1S/C20H17N5O3S2/c1-11(26)21-16-8-13(17-10-29-12(2)22-17)6-7-18(16)28-9-19(27)23-14-4-3-5-15-20(14)25-30-24-15/h3-8,10H,9H2,1-2H3,(H,21,26)(H,23,27). The normalized spacial score (nSPS) is 10.7. The zero-order valence-electron chi connectivity index (χ0n) is 16.1. The van der Waals surface area contributed by atoms with E-state index in [1.54, 1.807) is 35.6 Å². The quantitative estimate of drug-likeness (QED) is 0.469. The maximum atomic E-state index is 12.4. The van der Waals surface area contributed by atoms with Crippen molar-refractivity contribution in [2.45, 2.75) is 13.8 Å². The van der Waals surface area contributed by atoms with Crippen LogP contribution in [0.2, 0.25) is 0 Å². The molecule has 0 saturated carbocycles. The molecule has 0 unspecified atom stereocenters. The zero-order chi connectivity index (χ0) is 21.1. The van der Waals surface area contributed by atoms with Crippen molar-refractivity contribution < 1.29 is 14.3 Å². The second-order valence-electron chi connectivity index (χ2n) is 6.42. The minimum absolute atomic E-state index is 0.226. The van der Waals surface area contributed by atoms with Crippen LogP contribution >= 0.6 is 23.1 Å². The van der Waals surface area contributed by atoms with Gasteiger partial charge in [0.2, 0.25) is 5.91 Å². The van der Waals surface area contributed by atoms with E-state index in [1.807, 2.05) is 24.4 Å². The average molecular weight is 440 g/mol. The van der Waals surface area contributed by atoms with E-state index in [4.69, 9.17) is 4.74 Å². The van der Waals surface area contributed by atoms with Gasteiger partial charge in [0.15, 0.2) is 6.61 Å². The third-order valence-corrected chi connectivity index (χ3v) is 5.44. The van der Waals surface area contributed by atoms with Crippen LogP contribution in [0.4, 0.5) is 11.4 Å². The van der Waals surface area contributed by atoms with E-state index in [0.29, 0.717) is 22.6 Å². The summed E-state index contributed by atoms with van der Waals surface area (Å²) >= 11 is 2.63. The van der Waals surface area contributed by atoms with Crippen molar-refractivity contribution in [2.24, 2.45) is 0 Å². The summed E-state index contributed by atoms with van der Waals surface area (Å²) in [6, 6.07) is 10.7. The Morgan fingerprint density at radius 2 is 1.97 bits per heavy atom. The fourth-order valence-electron chi connectivity index (χ4n) is 2.84. The number of benzene rings is 2. The van der Waals surface area contributed by atoms with E-state index < -0.39 is 0 Å². The molecule has 0 radical (unpaired) electrons. The van der Waals surface area contributed by atoms with Crippen molar-refractivity contribution in [3.8, 4) is 17.0 Å². The number of nitrogens with one attached hydrogen (secondary N) is 2. The molecule has 2 amide bonds. The van der Waals surface area contributed by atoms with Crippen molar-refractivity contribution in [1.82, 2.24) is 13.7 Å². The van der Waals surface area contributed by atoms with Gasteiger partial charge in [-0.25, -0.2) is 4.98 Å². The molecule has 2 heterocycles. The first-order valence-corrected chi connectivity index (χ1v) is 10.6. The van der Waals surface area contributed by atoms with Crippen LogP contribution in [0.3, 0.4) is 0 Å². The number of hydrogen-bond acceptors (Lipinski definition) is 8. The Balaban J connectivity index is 1.49. The second-order valence-corrected chi connectivity index (χ2v) is 8.01. The van der Waals surface area contributed by atoms with E-state index in [-0.39, 0.29) is 18.4 Å². The molecule has 0 fully saturated rings. The van der Waals surface area contributed by atoms with Crippen molar-refractivity contribution in [3.05, 3.63) is 46.8 Å². The van der Waals surface area contributed by atoms with Gasteiger partial charge in [-0.2, -0.15) is 8.75 Å². The highest BCUT2D eigenvalue weighted by molar-refractivity contribution is 7.09. The highest BCUT2D eigenvalue weighted by atomic mass is 32.1. The molecule has 0 aliphatic heterocycles. The smallest absolute Gasteiger partial charge is 0.262 e. The van der Waals surface area contributed by atoms with Gasteiger partial charge in [0, 0.05) is 17.9 Å². The van der Waals surface area contributed by atoms with Gasteiger partial charge >= 0.3 is 0 Å². The van der Waals surface area contributed by atoms with Crippen LogP contribution < -0.4 is 15.4 Å². The highest BCUT2D eigenvalue weighted by Gasteiger charge is 2.13. The molecule has 0 aliphatic rings. The predicted molar refractivity (Wildman–Crippen MR) is 118 cm³/mol. The minimum atomic E-state index is -0.344. The number of aryl methyl sites for hydroxylation is 1. The summed E-state index contributed by atoms with van der Waals surface area (Å²) in [5.41, 5.74) is 4.08. The van der Waals surface area contributed by atoms with Gasteiger partial charge in [0.25, 0.3) is 5.91 Å². The fourth-order valence-corrected chi connectivity index (χ4v) is 4.01. The van der Waals surface area contributed by atoms with Crippen LogP contribution in [0.5, 0.6) is 5.75 Å². The molecule has 30 heavy (non-hydrogen) atoms. The summed E-state index contributed by atoms with van der Waals surface area (Å²) in [5, 5.41) is 8.43. The number of amides is 2. The molecule has 152 valence electrons. The summed E-state index contributed by atoms with van der Waals surface area (Å²) < 4.78 is 14.0. The number of anilines is 2. The number of carbonyl (C=O) groups excluding carboxylic acids is 2. The maximum absolute atomic E-state index is 12.4. The Morgan fingerprint density at radius 3 is 2.73 bits per heavy atom. The van der Waals surface area contributed by atoms with Crippen molar-refractivity contribution in [3.63, 3.8) is 0 Å². The maximum Gasteiger partial charge on any atom is 0.262 e. The lowest BCUT2D eigenvalue weighted by Gasteiger charge is -2.13. The van der Waals surface area contributed by atoms with Crippen LogP contribution in [0.15, 0.2) is 41.8 Å². The van der Waals surface area contributed by atoms with Crippen LogP contribution in [-0.2, 0) is 9.59 Å². The molecule has 8 nitrogen and oxygen atoms in total. The lowest BCUT2D eigenvalue weighted by atomic mass is 10.1. The molecule has 2 N–H and O–H groups in total. The molecule has 0 aliphatic carbocycles. The first kappa shape index (κ1) is 19.9. The number of fused-ring (bicyclic) bond motifs is 1. The summed E-state index contributed by atoms with van der Waals surface area (Å²) in [7, 11) is 0. The van der Waals surface area contributed by atoms with Gasteiger partial charge in [-0.05, 0) is 37.3 Å². The number of rotatable bonds is 6. The first-order valence-electron chi connectivity index (χ1n) is 8.97. The van der Waals surface area contributed by atoms with Crippen LogP contribution in [0, 0.1) is 6.92 Å². The Morgan fingerprint density at radius 1 is 1.10 bits per heavy atom. The van der Waals surface area contributed by atoms with Gasteiger partial charge in [-0.1, -0.05) is 6.07 Å². The van der Waals surface area contributed by atoms with Gasteiger partial charge in [0.05, 0.1) is 33.8 Å². The highest BCUT2D eigenvalue weighted by Crippen LogP contribution is 2.31. The minimum Gasteiger partial charge on any atom is -0.482 e. The van der Waals surface area contributed by atoms with Crippen molar-refractivity contribution >= 4 is 57.3 Å². The molecule has 4 aromatic rings. The lowest BCUT2D eigenvalue weighted by Crippen LogP contribution is -2.21. The topological polar surface area (TPSA) is 106 Å². The van der Waals surface area contributed by atoms with Gasteiger partial charge < -0.3 is 15.4 Å². The molecule has 2 aromatic heterocycles. The van der Waals surface area contributed by atoms with E-state index in [1.165, 1.54) is 6.92 Å². The summed E-state index contributed by atoms with van der Waals surface area (Å²) in [5.74, 6) is -0.188. The number of nitrogens with zero attached hydrogens (tertiary/aromatic N) is 3. The molecule has 4 rings (SSSR count). The van der Waals surface area contributed by atoms with Crippen molar-refractivity contribution in [2.75, 3.05) is 17.2 Å². The van der Waals surface area contributed by atoms with E-state index >= 15 is 0 Å². The first-order chi connectivity index (χ1) is 14.5. The molecule has 0 saturated heterocycles. The Labute approximate surface area is 180 Å². The number of carbonyl (C=O) groups is 2. The molecule has 10 heteroatoms. The Hall–Kier alpha value is -3.37. The molecule has 2 aromatic carbocycles. The predicted octanol–water partition coefficient (Wildman–Crippen LogP) is 4.10. The monoisotopic (exact) mass is 439 g/mol. The summed E-state index contributed by atoms with van der Waals surface area (Å²) in [6.07, 6.45) is 0. The van der Waals surface area contributed by atoms with Crippen LogP contribution in [-0.4, -0.2) is 32.2 Å². The number of aromatic nitrogens is 3.